The minimum atomic E-state index is -1.21. The van der Waals surface area contributed by atoms with Crippen molar-refractivity contribution in [2.24, 2.45) is 0 Å². The summed E-state index contributed by atoms with van der Waals surface area (Å²) in [5.74, 6) is -1.74. The Kier molecular flexibility index (Phi) is 4.36. The second kappa shape index (κ2) is 5.33. The summed E-state index contributed by atoms with van der Waals surface area (Å²) in [4.78, 5) is 10.2. The summed E-state index contributed by atoms with van der Waals surface area (Å²) in [6.45, 7) is 0. The molecule has 0 N–H and O–H groups in total. The van der Waals surface area contributed by atoms with Gasteiger partial charge in [0.05, 0.1) is 5.38 Å². The molecule has 1 atom stereocenters. The molecule has 0 saturated carbocycles. The number of carboxylic acids is 1. The molecule has 2 nitrogen and oxygen atoms in total. The molecule has 0 aliphatic rings. The number of carbonyl (C=O) groups excluding carboxylic acids is 1. The van der Waals surface area contributed by atoms with Gasteiger partial charge in [0.15, 0.2) is 0 Å². The fourth-order valence-corrected chi connectivity index (χ4v) is 1.88. The van der Waals surface area contributed by atoms with Gasteiger partial charge in [-0.2, -0.15) is 0 Å². The third-order valence-corrected chi connectivity index (χ3v) is 2.68. The molecule has 1 unspecified atom stereocenters. The number of rotatable bonds is 4. The first-order valence-corrected chi connectivity index (χ1v) is 5.11. The van der Waals surface area contributed by atoms with Crippen LogP contribution in [0.2, 0.25) is 5.02 Å². The Morgan fingerprint density at radius 3 is 2.73 bits per heavy atom. The van der Waals surface area contributed by atoms with Crippen LogP contribution in [0.1, 0.15) is 23.8 Å². The van der Waals surface area contributed by atoms with Crippen LogP contribution in [0.5, 0.6) is 0 Å². The highest BCUT2D eigenvalue weighted by molar-refractivity contribution is 6.32. The summed E-state index contributed by atoms with van der Waals surface area (Å²) in [6, 6.07) is 4.20. The van der Waals surface area contributed by atoms with Crippen LogP contribution in [0.3, 0.4) is 0 Å². The van der Waals surface area contributed by atoms with Gasteiger partial charge in [0, 0.05) is 16.6 Å². The molecule has 0 heterocycles. The Balaban J connectivity index is 2.81. The van der Waals surface area contributed by atoms with Gasteiger partial charge in [0.1, 0.15) is 5.82 Å². The van der Waals surface area contributed by atoms with Crippen molar-refractivity contribution in [3.8, 4) is 0 Å². The van der Waals surface area contributed by atoms with Crippen molar-refractivity contribution in [2.75, 3.05) is 0 Å². The molecular formula is C10H8Cl2FO2-. The molecule has 0 fully saturated rings. The van der Waals surface area contributed by atoms with E-state index in [1.165, 1.54) is 18.2 Å². The molecule has 5 heteroatoms. The Hall–Kier alpha value is -0.800. The van der Waals surface area contributed by atoms with Crippen molar-refractivity contribution in [2.45, 2.75) is 18.2 Å². The predicted octanol–water partition coefficient (Wildman–Crippen LogP) is 2.29. The predicted molar refractivity (Wildman–Crippen MR) is 54.2 cm³/mol. The van der Waals surface area contributed by atoms with Gasteiger partial charge in [-0.05, 0) is 25.0 Å². The summed E-state index contributed by atoms with van der Waals surface area (Å²) in [5.41, 5.74) is 0.141. The molecule has 0 saturated heterocycles. The van der Waals surface area contributed by atoms with Crippen LogP contribution in [-0.4, -0.2) is 5.97 Å². The average molecular weight is 250 g/mol. The minimum absolute atomic E-state index is 0.0878. The number of carboxylic acid groups (broad SMARTS) is 1. The number of alkyl halides is 1. The van der Waals surface area contributed by atoms with E-state index >= 15 is 0 Å². The van der Waals surface area contributed by atoms with E-state index in [0.29, 0.717) is 0 Å². The fourth-order valence-electron chi connectivity index (χ4n) is 1.20. The maximum atomic E-state index is 13.3. The molecular weight excluding hydrogens is 242 g/mol. The van der Waals surface area contributed by atoms with Crippen molar-refractivity contribution in [3.63, 3.8) is 0 Å². The van der Waals surface area contributed by atoms with Gasteiger partial charge < -0.3 is 9.90 Å². The Morgan fingerprint density at radius 2 is 2.20 bits per heavy atom. The van der Waals surface area contributed by atoms with Gasteiger partial charge in [-0.25, -0.2) is 4.39 Å². The van der Waals surface area contributed by atoms with Gasteiger partial charge in [0.2, 0.25) is 0 Å². The smallest absolute Gasteiger partial charge is 0.129 e. The van der Waals surface area contributed by atoms with E-state index in [1.807, 2.05) is 0 Å². The standard InChI is InChI=1S/C10H9Cl2FO2/c11-6-2-1-3-8(13)10(6)7(12)4-5-9(14)15/h1-3,7H,4-5H2,(H,14,15)/p-1. The number of benzene rings is 1. The molecule has 1 aromatic carbocycles. The zero-order valence-corrected chi connectivity index (χ0v) is 9.19. The van der Waals surface area contributed by atoms with E-state index in [1.54, 1.807) is 0 Å². The quantitative estimate of drug-likeness (QED) is 0.769. The van der Waals surface area contributed by atoms with Crippen LogP contribution in [0.15, 0.2) is 18.2 Å². The monoisotopic (exact) mass is 249 g/mol. The minimum Gasteiger partial charge on any atom is -0.550 e. The van der Waals surface area contributed by atoms with Crippen LogP contribution >= 0.6 is 23.2 Å². The second-order valence-electron chi connectivity index (χ2n) is 3.01. The van der Waals surface area contributed by atoms with Gasteiger partial charge in [-0.15, -0.1) is 11.6 Å². The third-order valence-electron chi connectivity index (χ3n) is 1.91. The largest absolute Gasteiger partial charge is 0.550 e. The number of aliphatic carboxylic acids is 1. The van der Waals surface area contributed by atoms with Crippen molar-refractivity contribution in [3.05, 3.63) is 34.6 Å². The summed E-state index contributed by atoms with van der Waals surface area (Å²) in [7, 11) is 0. The lowest BCUT2D eigenvalue weighted by atomic mass is 10.1. The average Bonchev–Trinajstić information content (AvgIpc) is 2.14. The highest BCUT2D eigenvalue weighted by Crippen LogP contribution is 2.33. The maximum absolute atomic E-state index is 13.3. The lowest BCUT2D eigenvalue weighted by molar-refractivity contribution is -0.305. The molecule has 0 amide bonds. The molecule has 15 heavy (non-hydrogen) atoms. The van der Waals surface area contributed by atoms with Gasteiger partial charge in [-0.3, -0.25) is 0 Å². The van der Waals surface area contributed by atoms with Crippen molar-refractivity contribution >= 4 is 29.2 Å². The van der Waals surface area contributed by atoms with E-state index < -0.39 is 17.2 Å². The zero-order chi connectivity index (χ0) is 11.4. The first-order chi connectivity index (χ1) is 7.02. The van der Waals surface area contributed by atoms with Crippen LogP contribution in [0.25, 0.3) is 0 Å². The molecule has 1 aromatic rings. The topological polar surface area (TPSA) is 40.1 Å². The van der Waals surface area contributed by atoms with Crippen molar-refractivity contribution in [1.29, 1.82) is 0 Å². The van der Waals surface area contributed by atoms with E-state index in [2.05, 4.69) is 0 Å². The zero-order valence-electron chi connectivity index (χ0n) is 7.67. The van der Waals surface area contributed by atoms with E-state index in [9.17, 15) is 14.3 Å². The normalized spacial score (nSPS) is 12.5. The van der Waals surface area contributed by atoms with E-state index in [-0.39, 0.29) is 23.4 Å². The van der Waals surface area contributed by atoms with Crippen molar-refractivity contribution in [1.82, 2.24) is 0 Å². The van der Waals surface area contributed by atoms with Gasteiger partial charge >= 0.3 is 0 Å². The highest BCUT2D eigenvalue weighted by atomic mass is 35.5. The van der Waals surface area contributed by atoms with Gasteiger partial charge in [-0.1, -0.05) is 17.7 Å². The number of hydrogen-bond acceptors (Lipinski definition) is 2. The van der Waals surface area contributed by atoms with Crippen LogP contribution in [-0.2, 0) is 4.79 Å². The lowest BCUT2D eigenvalue weighted by Crippen LogP contribution is -2.22. The third kappa shape index (κ3) is 3.36. The highest BCUT2D eigenvalue weighted by Gasteiger charge is 2.16. The summed E-state index contributed by atoms with van der Waals surface area (Å²) >= 11 is 11.6. The summed E-state index contributed by atoms with van der Waals surface area (Å²) in [5, 5.41) is 9.66. The molecule has 0 aromatic heterocycles. The summed E-state index contributed by atoms with van der Waals surface area (Å²) in [6.07, 6.45) is -0.136. The number of halogens is 3. The molecule has 0 aliphatic heterocycles. The number of carbonyl (C=O) groups is 1. The first-order valence-electron chi connectivity index (χ1n) is 4.30. The summed E-state index contributed by atoms with van der Waals surface area (Å²) < 4.78 is 13.3. The molecule has 1 rings (SSSR count). The van der Waals surface area contributed by atoms with Crippen LogP contribution in [0, 0.1) is 5.82 Å². The van der Waals surface area contributed by atoms with Crippen molar-refractivity contribution < 1.29 is 14.3 Å². The maximum Gasteiger partial charge on any atom is 0.129 e. The first kappa shape index (κ1) is 12.3. The fraction of sp³-hybridized carbons (Fsp3) is 0.300. The molecule has 0 spiro atoms. The van der Waals surface area contributed by atoms with Crippen LogP contribution in [0.4, 0.5) is 4.39 Å². The van der Waals surface area contributed by atoms with E-state index in [4.69, 9.17) is 23.2 Å². The molecule has 82 valence electrons. The van der Waals surface area contributed by atoms with Crippen LogP contribution < -0.4 is 5.11 Å². The SMILES string of the molecule is O=C([O-])CCC(Cl)c1c(F)cccc1Cl. The Labute approximate surface area is 96.6 Å². The Morgan fingerprint density at radius 1 is 1.53 bits per heavy atom. The lowest BCUT2D eigenvalue weighted by Gasteiger charge is -2.12. The Bertz CT molecular complexity index is 348. The van der Waals surface area contributed by atoms with E-state index in [0.717, 1.165) is 0 Å². The second-order valence-corrected chi connectivity index (χ2v) is 3.95. The number of hydrogen-bond donors (Lipinski definition) is 0. The van der Waals surface area contributed by atoms with Gasteiger partial charge in [0.25, 0.3) is 0 Å². The molecule has 0 radical (unpaired) electrons. The molecule has 0 aliphatic carbocycles. The molecule has 0 bridgehead atoms.